The van der Waals surface area contributed by atoms with Crippen LogP contribution in [-0.2, 0) is 4.79 Å². The summed E-state index contributed by atoms with van der Waals surface area (Å²) in [5, 5.41) is 21.7. The Bertz CT molecular complexity index is 594. The number of aryl methyl sites for hydroxylation is 1. The van der Waals surface area contributed by atoms with Crippen LogP contribution in [0.2, 0.25) is 10.0 Å². The van der Waals surface area contributed by atoms with Gasteiger partial charge in [0.25, 0.3) is 0 Å². The third-order valence-electron chi connectivity index (χ3n) is 3.34. The van der Waals surface area contributed by atoms with Crippen molar-refractivity contribution in [3.8, 4) is 0 Å². The van der Waals surface area contributed by atoms with Crippen LogP contribution in [-0.4, -0.2) is 45.8 Å². The highest BCUT2D eigenvalue weighted by atomic mass is 35.5. The molecule has 2 atom stereocenters. The zero-order valence-electron chi connectivity index (χ0n) is 11.1. The average Bonchev–Trinajstić information content (AvgIpc) is 2.81. The van der Waals surface area contributed by atoms with Gasteiger partial charge in [-0.2, -0.15) is 0 Å². The standard InChI is InChI=1S/C13H14Cl2N2O4/c1-6-2-3-8(14)11(10(6)15)16-13(21)17-5-7(18)4-9(17)12(19)20/h2-3,7,9,18H,4-5H2,1H3,(H,16,21)(H,19,20)/t7-,9+/m1/s1. The van der Waals surface area contributed by atoms with E-state index in [0.29, 0.717) is 5.02 Å². The number of benzene rings is 1. The number of aliphatic hydroxyl groups excluding tert-OH is 1. The second-order valence-corrected chi connectivity index (χ2v) is 5.66. The number of amides is 2. The van der Waals surface area contributed by atoms with Crippen molar-refractivity contribution >= 4 is 40.9 Å². The molecule has 8 heteroatoms. The summed E-state index contributed by atoms with van der Waals surface area (Å²) < 4.78 is 0. The zero-order chi connectivity index (χ0) is 15.7. The van der Waals surface area contributed by atoms with Crippen LogP contribution in [0.25, 0.3) is 0 Å². The quantitative estimate of drug-likeness (QED) is 0.775. The topological polar surface area (TPSA) is 89.9 Å². The summed E-state index contributed by atoms with van der Waals surface area (Å²) in [6.07, 6.45) is -0.863. The number of β-amino-alcohol motifs (C(OH)–C–C–N with tert-alkyl or cyclic N) is 1. The van der Waals surface area contributed by atoms with Gasteiger partial charge in [-0.15, -0.1) is 0 Å². The minimum Gasteiger partial charge on any atom is -0.480 e. The Balaban J connectivity index is 2.22. The first kappa shape index (κ1) is 15.9. The van der Waals surface area contributed by atoms with Crippen LogP contribution in [0, 0.1) is 6.92 Å². The van der Waals surface area contributed by atoms with Crippen LogP contribution in [0.4, 0.5) is 10.5 Å². The van der Waals surface area contributed by atoms with Gasteiger partial charge in [-0.05, 0) is 18.6 Å². The van der Waals surface area contributed by atoms with Crippen molar-refractivity contribution in [2.24, 2.45) is 0 Å². The largest absolute Gasteiger partial charge is 0.480 e. The molecule has 1 heterocycles. The van der Waals surface area contributed by atoms with E-state index in [1.54, 1.807) is 19.1 Å². The van der Waals surface area contributed by atoms with E-state index in [2.05, 4.69) is 5.32 Å². The number of aliphatic hydroxyl groups is 1. The maximum absolute atomic E-state index is 12.2. The summed E-state index contributed by atoms with van der Waals surface area (Å²) in [6, 6.07) is 1.57. The second-order valence-electron chi connectivity index (χ2n) is 4.88. The number of halogens is 2. The van der Waals surface area contributed by atoms with Crippen molar-refractivity contribution in [3.05, 3.63) is 27.7 Å². The van der Waals surface area contributed by atoms with E-state index < -0.39 is 24.1 Å². The maximum Gasteiger partial charge on any atom is 0.326 e. The lowest BCUT2D eigenvalue weighted by Gasteiger charge is -2.22. The predicted molar refractivity (Wildman–Crippen MR) is 79.0 cm³/mol. The Morgan fingerprint density at radius 1 is 1.38 bits per heavy atom. The smallest absolute Gasteiger partial charge is 0.326 e. The summed E-state index contributed by atoms with van der Waals surface area (Å²) in [4.78, 5) is 24.4. The van der Waals surface area contributed by atoms with Gasteiger partial charge in [-0.1, -0.05) is 29.3 Å². The van der Waals surface area contributed by atoms with E-state index in [1.165, 1.54) is 0 Å². The van der Waals surface area contributed by atoms with Gasteiger partial charge in [0.05, 0.1) is 21.8 Å². The third-order valence-corrected chi connectivity index (χ3v) is 4.14. The first-order valence-corrected chi connectivity index (χ1v) is 7.00. The summed E-state index contributed by atoms with van der Waals surface area (Å²) in [7, 11) is 0. The van der Waals surface area contributed by atoms with E-state index >= 15 is 0 Å². The van der Waals surface area contributed by atoms with Crippen molar-refractivity contribution in [2.75, 3.05) is 11.9 Å². The predicted octanol–water partition coefficient (Wildman–Crippen LogP) is 2.35. The number of urea groups is 1. The molecule has 1 aromatic rings. The lowest BCUT2D eigenvalue weighted by atomic mass is 10.2. The van der Waals surface area contributed by atoms with Crippen LogP contribution in [0.1, 0.15) is 12.0 Å². The van der Waals surface area contributed by atoms with Crippen molar-refractivity contribution in [1.29, 1.82) is 0 Å². The van der Waals surface area contributed by atoms with Gasteiger partial charge in [0.2, 0.25) is 0 Å². The fourth-order valence-electron chi connectivity index (χ4n) is 2.22. The molecule has 0 bridgehead atoms. The van der Waals surface area contributed by atoms with Gasteiger partial charge in [-0.25, -0.2) is 9.59 Å². The van der Waals surface area contributed by atoms with Crippen molar-refractivity contribution in [2.45, 2.75) is 25.5 Å². The number of carboxylic acids is 1. The molecule has 21 heavy (non-hydrogen) atoms. The van der Waals surface area contributed by atoms with Gasteiger partial charge >= 0.3 is 12.0 Å². The molecule has 2 rings (SSSR count). The summed E-state index contributed by atoms with van der Waals surface area (Å²) in [6.45, 7) is 1.71. The summed E-state index contributed by atoms with van der Waals surface area (Å²) in [5.41, 5.74) is 0.960. The Hall–Kier alpha value is -1.50. The van der Waals surface area contributed by atoms with Gasteiger partial charge < -0.3 is 20.4 Å². The molecule has 1 fully saturated rings. The minimum absolute atomic E-state index is 0.00195. The Labute approximate surface area is 131 Å². The van der Waals surface area contributed by atoms with Gasteiger partial charge in [0.1, 0.15) is 6.04 Å². The molecule has 0 aliphatic carbocycles. The number of likely N-dealkylation sites (tertiary alicyclic amines) is 1. The Morgan fingerprint density at radius 2 is 2.05 bits per heavy atom. The number of hydrogen-bond donors (Lipinski definition) is 3. The lowest BCUT2D eigenvalue weighted by Crippen LogP contribution is -2.43. The number of carbonyl (C=O) groups excluding carboxylic acids is 1. The first-order chi connectivity index (χ1) is 9.81. The van der Waals surface area contributed by atoms with Gasteiger partial charge in [0, 0.05) is 13.0 Å². The van der Waals surface area contributed by atoms with Crippen LogP contribution in [0.5, 0.6) is 0 Å². The molecule has 0 spiro atoms. The van der Waals surface area contributed by atoms with Gasteiger partial charge in [0.15, 0.2) is 0 Å². The molecule has 0 aromatic heterocycles. The molecule has 3 N–H and O–H groups in total. The molecular weight excluding hydrogens is 319 g/mol. The highest BCUT2D eigenvalue weighted by molar-refractivity contribution is 6.40. The number of carboxylic acid groups (broad SMARTS) is 1. The van der Waals surface area contributed by atoms with E-state index in [9.17, 15) is 14.7 Å². The molecular formula is C13H14Cl2N2O4. The van der Waals surface area contributed by atoms with Crippen molar-refractivity contribution in [3.63, 3.8) is 0 Å². The molecule has 1 saturated heterocycles. The van der Waals surface area contributed by atoms with Crippen molar-refractivity contribution < 1.29 is 19.8 Å². The minimum atomic E-state index is -1.16. The van der Waals surface area contributed by atoms with E-state index in [-0.39, 0.29) is 23.7 Å². The molecule has 0 unspecified atom stereocenters. The Morgan fingerprint density at radius 3 is 2.67 bits per heavy atom. The monoisotopic (exact) mass is 332 g/mol. The van der Waals surface area contributed by atoms with Gasteiger partial charge in [-0.3, -0.25) is 0 Å². The molecule has 2 amide bonds. The number of anilines is 1. The van der Waals surface area contributed by atoms with Crippen LogP contribution in [0.15, 0.2) is 12.1 Å². The van der Waals surface area contributed by atoms with Crippen LogP contribution in [0.3, 0.4) is 0 Å². The SMILES string of the molecule is Cc1ccc(Cl)c(NC(=O)N2C[C@H](O)C[C@H]2C(=O)O)c1Cl. The number of rotatable bonds is 2. The van der Waals surface area contributed by atoms with E-state index in [4.69, 9.17) is 28.3 Å². The highest BCUT2D eigenvalue weighted by Gasteiger charge is 2.39. The van der Waals surface area contributed by atoms with Crippen LogP contribution >= 0.6 is 23.2 Å². The first-order valence-electron chi connectivity index (χ1n) is 6.24. The number of nitrogens with one attached hydrogen (secondary N) is 1. The molecule has 1 aliphatic heterocycles. The lowest BCUT2D eigenvalue weighted by molar-refractivity contribution is -0.141. The number of carbonyl (C=O) groups is 2. The second kappa shape index (κ2) is 6.09. The molecule has 1 aliphatic rings. The highest BCUT2D eigenvalue weighted by Crippen LogP contribution is 2.33. The number of hydrogen-bond acceptors (Lipinski definition) is 3. The zero-order valence-corrected chi connectivity index (χ0v) is 12.6. The fraction of sp³-hybridized carbons (Fsp3) is 0.385. The Kier molecular flexibility index (Phi) is 4.61. The molecule has 114 valence electrons. The molecule has 0 radical (unpaired) electrons. The van der Waals surface area contributed by atoms with E-state index in [0.717, 1.165) is 10.5 Å². The molecule has 1 aromatic carbocycles. The van der Waals surface area contributed by atoms with Crippen LogP contribution < -0.4 is 5.32 Å². The maximum atomic E-state index is 12.2. The summed E-state index contributed by atoms with van der Waals surface area (Å²) in [5.74, 6) is -1.16. The number of nitrogens with zero attached hydrogens (tertiary/aromatic N) is 1. The molecule has 6 nitrogen and oxygen atoms in total. The van der Waals surface area contributed by atoms with Crippen molar-refractivity contribution in [1.82, 2.24) is 4.90 Å². The summed E-state index contributed by atoms with van der Waals surface area (Å²) >= 11 is 12.1. The van der Waals surface area contributed by atoms with E-state index in [1.807, 2.05) is 0 Å². The third kappa shape index (κ3) is 3.23. The average molecular weight is 333 g/mol. The normalized spacial score (nSPS) is 21.4. The molecule has 0 saturated carbocycles. The number of aliphatic carboxylic acids is 1. The fourth-order valence-corrected chi connectivity index (χ4v) is 2.69.